The molecule has 0 saturated carbocycles. The first-order valence-electron chi connectivity index (χ1n) is 7.44. The fourth-order valence-corrected chi connectivity index (χ4v) is 3.20. The zero-order valence-corrected chi connectivity index (χ0v) is 12.6. The third kappa shape index (κ3) is 2.48. The van der Waals surface area contributed by atoms with E-state index in [1.807, 2.05) is 59.5 Å². The van der Waals surface area contributed by atoms with Gasteiger partial charge in [0.1, 0.15) is 0 Å². The lowest BCUT2D eigenvalue weighted by Crippen LogP contribution is -2.47. The van der Waals surface area contributed by atoms with Crippen molar-refractivity contribution in [3.8, 4) is 6.07 Å². The highest BCUT2D eigenvalue weighted by Gasteiger charge is 2.39. The van der Waals surface area contributed by atoms with E-state index in [2.05, 4.69) is 13.0 Å². The quantitative estimate of drug-likeness (QED) is 0.868. The molecule has 1 heterocycles. The summed E-state index contributed by atoms with van der Waals surface area (Å²) in [7, 11) is 0. The Balaban J connectivity index is 1.98. The summed E-state index contributed by atoms with van der Waals surface area (Å²) in [6.45, 7) is 3.22. The Hall–Kier alpha value is -2.60. The smallest absolute Gasteiger partial charge is 0.254 e. The molecule has 3 rings (SSSR count). The lowest BCUT2D eigenvalue weighted by Gasteiger charge is -2.40. The molecule has 110 valence electrons. The predicted octanol–water partition coefficient (Wildman–Crippen LogP) is 3.51. The molecule has 1 amide bonds. The maximum atomic E-state index is 12.8. The number of benzene rings is 2. The molecule has 1 unspecified atom stereocenters. The molecule has 0 spiro atoms. The van der Waals surface area contributed by atoms with Crippen LogP contribution < -0.4 is 0 Å². The van der Waals surface area contributed by atoms with Gasteiger partial charge in [0.2, 0.25) is 0 Å². The molecule has 22 heavy (non-hydrogen) atoms. The van der Waals surface area contributed by atoms with E-state index in [9.17, 15) is 10.1 Å². The zero-order valence-electron chi connectivity index (χ0n) is 12.6. The van der Waals surface area contributed by atoms with Crippen LogP contribution >= 0.6 is 0 Å². The maximum absolute atomic E-state index is 12.8. The van der Waals surface area contributed by atoms with E-state index in [0.717, 1.165) is 16.7 Å². The van der Waals surface area contributed by atoms with E-state index in [1.165, 1.54) is 0 Å². The molecule has 3 heteroatoms. The second kappa shape index (κ2) is 5.65. The number of fused-ring (bicyclic) bond motifs is 1. The van der Waals surface area contributed by atoms with Gasteiger partial charge in [-0.1, -0.05) is 55.5 Å². The molecule has 0 aliphatic carbocycles. The predicted molar refractivity (Wildman–Crippen MR) is 85.2 cm³/mol. The van der Waals surface area contributed by atoms with Crippen LogP contribution in [0.3, 0.4) is 0 Å². The van der Waals surface area contributed by atoms with Gasteiger partial charge in [-0.05, 0) is 17.2 Å². The van der Waals surface area contributed by atoms with Crippen molar-refractivity contribution in [2.24, 2.45) is 0 Å². The van der Waals surface area contributed by atoms with Gasteiger partial charge in [0, 0.05) is 30.5 Å². The van der Waals surface area contributed by atoms with Crippen molar-refractivity contribution < 1.29 is 4.79 Å². The van der Waals surface area contributed by atoms with Crippen molar-refractivity contribution in [2.75, 3.05) is 6.54 Å². The molecular formula is C19H18N2O. The number of hydrogen-bond donors (Lipinski definition) is 0. The summed E-state index contributed by atoms with van der Waals surface area (Å²) in [5, 5.41) is 9.20. The van der Waals surface area contributed by atoms with Crippen molar-refractivity contribution in [1.82, 2.24) is 4.90 Å². The number of nitriles is 1. The third-order valence-corrected chi connectivity index (χ3v) is 4.32. The van der Waals surface area contributed by atoms with Crippen molar-refractivity contribution in [1.29, 1.82) is 5.26 Å². The van der Waals surface area contributed by atoms with Crippen LogP contribution in [0, 0.1) is 11.3 Å². The van der Waals surface area contributed by atoms with Gasteiger partial charge in [-0.15, -0.1) is 0 Å². The maximum Gasteiger partial charge on any atom is 0.254 e. The molecule has 0 saturated heterocycles. The largest absolute Gasteiger partial charge is 0.333 e. The zero-order chi connectivity index (χ0) is 15.6. The van der Waals surface area contributed by atoms with Crippen molar-refractivity contribution in [3.63, 3.8) is 0 Å². The Kier molecular flexibility index (Phi) is 3.68. The van der Waals surface area contributed by atoms with E-state index in [0.29, 0.717) is 19.5 Å². The molecule has 1 aliphatic rings. The van der Waals surface area contributed by atoms with Gasteiger partial charge in [-0.3, -0.25) is 4.79 Å². The summed E-state index contributed by atoms with van der Waals surface area (Å²) < 4.78 is 0. The highest BCUT2D eigenvalue weighted by atomic mass is 16.2. The molecule has 0 N–H and O–H groups in total. The number of rotatable bonds is 3. The Bertz CT molecular complexity index is 733. The topological polar surface area (TPSA) is 44.1 Å². The summed E-state index contributed by atoms with van der Waals surface area (Å²) in [5.74, 6) is 0.0508. The number of carbonyl (C=O) groups is 1. The average Bonchev–Trinajstić information content (AvgIpc) is 2.54. The molecule has 3 nitrogen and oxygen atoms in total. The minimum absolute atomic E-state index is 0.0508. The fourth-order valence-electron chi connectivity index (χ4n) is 3.20. The first-order valence-corrected chi connectivity index (χ1v) is 7.44. The van der Waals surface area contributed by atoms with Crippen LogP contribution in [0.2, 0.25) is 0 Å². The summed E-state index contributed by atoms with van der Waals surface area (Å²) >= 11 is 0. The van der Waals surface area contributed by atoms with Gasteiger partial charge in [0.25, 0.3) is 5.91 Å². The standard InChI is InChI=1S/C19H18N2O/c1-19(11-12-20)14-21(13-15-7-3-2-4-8-15)18(22)16-9-5-6-10-17(16)19/h2-10H,11,13-14H2,1H3. The lowest BCUT2D eigenvalue weighted by atomic mass is 9.74. The van der Waals surface area contributed by atoms with E-state index < -0.39 is 0 Å². The Morgan fingerprint density at radius 1 is 1.14 bits per heavy atom. The van der Waals surface area contributed by atoms with Crippen LogP contribution in [0.1, 0.15) is 34.8 Å². The number of carbonyl (C=O) groups excluding carboxylic acids is 1. The normalized spacial score (nSPS) is 20.4. The van der Waals surface area contributed by atoms with Gasteiger partial charge in [-0.2, -0.15) is 5.26 Å². The first-order chi connectivity index (χ1) is 10.6. The highest BCUT2D eigenvalue weighted by Crippen LogP contribution is 2.36. The number of amides is 1. The fraction of sp³-hybridized carbons (Fsp3) is 0.263. The number of hydrogen-bond acceptors (Lipinski definition) is 2. The molecule has 1 atom stereocenters. The molecule has 0 fully saturated rings. The van der Waals surface area contributed by atoms with Crippen molar-refractivity contribution >= 4 is 5.91 Å². The van der Waals surface area contributed by atoms with Gasteiger partial charge < -0.3 is 4.90 Å². The summed E-state index contributed by atoms with van der Waals surface area (Å²) in [6.07, 6.45) is 0.405. The molecule has 1 aliphatic heterocycles. The van der Waals surface area contributed by atoms with Gasteiger partial charge >= 0.3 is 0 Å². The van der Waals surface area contributed by atoms with Crippen LogP contribution in [0.25, 0.3) is 0 Å². The van der Waals surface area contributed by atoms with Gasteiger partial charge in [-0.25, -0.2) is 0 Å². The van der Waals surface area contributed by atoms with Crippen LogP contribution in [0.15, 0.2) is 54.6 Å². The lowest BCUT2D eigenvalue weighted by molar-refractivity contribution is 0.0666. The minimum Gasteiger partial charge on any atom is -0.333 e. The van der Waals surface area contributed by atoms with Gasteiger partial charge in [0.15, 0.2) is 0 Å². The van der Waals surface area contributed by atoms with Crippen LogP contribution in [-0.4, -0.2) is 17.4 Å². The number of nitrogens with zero attached hydrogens (tertiary/aromatic N) is 2. The Morgan fingerprint density at radius 3 is 2.55 bits per heavy atom. The minimum atomic E-state index is -0.311. The second-order valence-corrected chi connectivity index (χ2v) is 6.09. The molecule has 0 aromatic heterocycles. The van der Waals surface area contributed by atoms with E-state index in [-0.39, 0.29) is 11.3 Å². The van der Waals surface area contributed by atoms with E-state index >= 15 is 0 Å². The van der Waals surface area contributed by atoms with E-state index in [1.54, 1.807) is 0 Å². The summed E-state index contributed by atoms with van der Waals surface area (Å²) in [4.78, 5) is 14.6. The van der Waals surface area contributed by atoms with E-state index in [4.69, 9.17) is 0 Å². The SMILES string of the molecule is CC1(CC#N)CN(Cc2ccccc2)C(=O)c2ccccc21. The molecule has 0 bridgehead atoms. The monoisotopic (exact) mass is 290 g/mol. The highest BCUT2D eigenvalue weighted by molar-refractivity contribution is 5.97. The van der Waals surface area contributed by atoms with Crippen LogP contribution in [-0.2, 0) is 12.0 Å². The molecular weight excluding hydrogens is 272 g/mol. The summed E-state index contributed by atoms with van der Waals surface area (Å²) in [6, 6.07) is 19.9. The summed E-state index contributed by atoms with van der Waals surface area (Å²) in [5.41, 5.74) is 2.51. The van der Waals surface area contributed by atoms with Crippen LogP contribution in [0.4, 0.5) is 0 Å². The van der Waals surface area contributed by atoms with Crippen LogP contribution in [0.5, 0.6) is 0 Å². The average molecular weight is 290 g/mol. The second-order valence-electron chi connectivity index (χ2n) is 6.09. The third-order valence-electron chi connectivity index (χ3n) is 4.32. The van der Waals surface area contributed by atoms with Gasteiger partial charge in [0.05, 0.1) is 6.07 Å². The van der Waals surface area contributed by atoms with Crippen molar-refractivity contribution in [3.05, 3.63) is 71.3 Å². The Morgan fingerprint density at radius 2 is 1.82 bits per heavy atom. The first kappa shape index (κ1) is 14.3. The molecule has 2 aromatic carbocycles. The molecule has 0 radical (unpaired) electrons. The Labute approximate surface area is 130 Å². The molecule has 2 aromatic rings. The van der Waals surface area contributed by atoms with Crippen molar-refractivity contribution in [2.45, 2.75) is 25.3 Å².